The van der Waals surface area contributed by atoms with Crippen molar-refractivity contribution >= 4 is 39.3 Å². The van der Waals surface area contributed by atoms with Crippen LogP contribution in [-0.4, -0.2) is 23.0 Å². The molecule has 3 nitrogen and oxygen atoms in total. The maximum Gasteiger partial charge on any atom is 0.244 e. The van der Waals surface area contributed by atoms with E-state index in [1.807, 2.05) is 24.3 Å². The Labute approximate surface area is 126 Å². The van der Waals surface area contributed by atoms with Gasteiger partial charge in [0.05, 0.1) is 0 Å². The SMILES string of the molecule is CC1(C)CCSCC1(Nc1ccc(Br)cc1)C(N)=O. The first-order valence-electron chi connectivity index (χ1n) is 6.29. The Morgan fingerprint density at radius 3 is 2.53 bits per heavy atom. The second-order valence-corrected chi connectivity index (χ2v) is 7.61. The van der Waals surface area contributed by atoms with Crippen molar-refractivity contribution in [3.8, 4) is 0 Å². The molecule has 1 heterocycles. The third-order valence-electron chi connectivity index (χ3n) is 3.97. The van der Waals surface area contributed by atoms with Gasteiger partial charge in [-0.1, -0.05) is 29.8 Å². The normalized spacial score (nSPS) is 25.8. The number of carbonyl (C=O) groups excluding carboxylic acids is 1. The molecular weight excluding hydrogens is 324 g/mol. The van der Waals surface area contributed by atoms with Crippen LogP contribution < -0.4 is 11.1 Å². The highest BCUT2D eigenvalue weighted by Crippen LogP contribution is 2.44. The predicted octanol–water partition coefficient (Wildman–Crippen LogP) is 3.25. The summed E-state index contributed by atoms with van der Waals surface area (Å²) in [5, 5.41) is 3.40. The molecule has 1 aliphatic heterocycles. The molecule has 0 aromatic heterocycles. The van der Waals surface area contributed by atoms with Crippen LogP contribution in [0.15, 0.2) is 28.7 Å². The van der Waals surface area contributed by atoms with Crippen LogP contribution in [0.4, 0.5) is 5.69 Å². The Balaban J connectivity index is 2.34. The molecule has 1 fully saturated rings. The number of hydrogen-bond donors (Lipinski definition) is 2. The zero-order valence-electron chi connectivity index (χ0n) is 11.2. The lowest BCUT2D eigenvalue weighted by Crippen LogP contribution is -2.63. The molecule has 1 atom stereocenters. The Morgan fingerprint density at radius 2 is 2.00 bits per heavy atom. The van der Waals surface area contributed by atoms with E-state index in [1.165, 1.54) is 0 Å². The van der Waals surface area contributed by atoms with Gasteiger partial charge in [0.2, 0.25) is 5.91 Å². The number of thioether (sulfide) groups is 1. The summed E-state index contributed by atoms with van der Waals surface area (Å²) < 4.78 is 1.02. The summed E-state index contributed by atoms with van der Waals surface area (Å²) in [7, 11) is 0. The van der Waals surface area contributed by atoms with Crippen molar-refractivity contribution in [2.45, 2.75) is 25.8 Å². The number of primary amides is 1. The van der Waals surface area contributed by atoms with Crippen LogP contribution in [0.2, 0.25) is 0 Å². The summed E-state index contributed by atoms with van der Waals surface area (Å²) in [6.07, 6.45) is 0.976. The third-order valence-corrected chi connectivity index (χ3v) is 5.63. The summed E-state index contributed by atoms with van der Waals surface area (Å²) in [6, 6.07) is 7.84. The van der Waals surface area contributed by atoms with Crippen LogP contribution in [0.25, 0.3) is 0 Å². The molecule has 1 saturated heterocycles. The number of amides is 1. The van der Waals surface area contributed by atoms with Gasteiger partial charge in [-0.25, -0.2) is 0 Å². The fourth-order valence-electron chi connectivity index (χ4n) is 2.41. The lowest BCUT2D eigenvalue weighted by molar-refractivity contribution is -0.125. The molecule has 1 amide bonds. The molecular formula is C14H19BrN2OS. The Kier molecular flexibility index (Phi) is 4.16. The van der Waals surface area contributed by atoms with Crippen molar-refractivity contribution in [1.82, 2.24) is 0 Å². The van der Waals surface area contributed by atoms with E-state index < -0.39 is 5.54 Å². The van der Waals surface area contributed by atoms with Gasteiger partial charge in [-0.15, -0.1) is 0 Å². The number of halogens is 1. The van der Waals surface area contributed by atoms with Gasteiger partial charge < -0.3 is 11.1 Å². The number of benzene rings is 1. The lowest BCUT2D eigenvalue weighted by Gasteiger charge is -2.48. The number of carbonyl (C=O) groups is 1. The molecule has 19 heavy (non-hydrogen) atoms. The first-order chi connectivity index (χ1) is 8.87. The highest BCUT2D eigenvalue weighted by atomic mass is 79.9. The van der Waals surface area contributed by atoms with Crippen LogP contribution in [-0.2, 0) is 4.79 Å². The number of nitrogens with one attached hydrogen (secondary N) is 1. The number of nitrogens with two attached hydrogens (primary N) is 1. The largest absolute Gasteiger partial charge is 0.370 e. The fraction of sp³-hybridized carbons (Fsp3) is 0.500. The summed E-state index contributed by atoms with van der Waals surface area (Å²) in [5.41, 5.74) is 5.81. The van der Waals surface area contributed by atoms with Crippen LogP contribution in [0.3, 0.4) is 0 Å². The molecule has 0 aliphatic carbocycles. The summed E-state index contributed by atoms with van der Waals surface area (Å²) in [4.78, 5) is 12.1. The van der Waals surface area contributed by atoms with Gasteiger partial charge in [-0.05, 0) is 41.9 Å². The van der Waals surface area contributed by atoms with Gasteiger partial charge in [-0.3, -0.25) is 4.79 Å². The monoisotopic (exact) mass is 342 g/mol. The van der Waals surface area contributed by atoms with Crippen molar-refractivity contribution in [2.75, 3.05) is 16.8 Å². The molecule has 0 saturated carbocycles. The molecule has 1 aliphatic rings. The average molecular weight is 343 g/mol. The molecule has 0 bridgehead atoms. The zero-order chi connectivity index (χ0) is 14.1. The molecule has 0 spiro atoms. The van der Waals surface area contributed by atoms with Gasteiger partial charge in [0, 0.05) is 15.9 Å². The van der Waals surface area contributed by atoms with Crippen molar-refractivity contribution in [3.05, 3.63) is 28.7 Å². The smallest absolute Gasteiger partial charge is 0.244 e. The zero-order valence-corrected chi connectivity index (χ0v) is 13.6. The topological polar surface area (TPSA) is 55.1 Å². The number of hydrogen-bond acceptors (Lipinski definition) is 3. The van der Waals surface area contributed by atoms with Crippen LogP contribution >= 0.6 is 27.7 Å². The molecule has 0 radical (unpaired) electrons. The van der Waals surface area contributed by atoms with E-state index in [-0.39, 0.29) is 11.3 Å². The Morgan fingerprint density at radius 1 is 1.37 bits per heavy atom. The van der Waals surface area contributed by atoms with Gasteiger partial charge in [0.1, 0.15) is 5.54 Å². The summed E-state index contributed by atoms with van der Waals surface area (Å²) >= 11 is 5.19. The van der Waals surface area contributed by atoms with Gasteiger partial charge in [0.25, 0.3) is 0 Å². The lowest BCUT2D eigenvalue weighted by atomic mass is 9.70. The van der Waals surface area contributed by atoms with Crippen LogP contribution in [0.5, 0.6) is 0 Å². The van der Waals surface area contributed by atoms with E-state index in [0.29, 0.717) is 5.75 Å². The highest BCUT2D eigenvalue weighted by molar-refractivity contribution is 9.10. The molecule has 2 rings (SSSR count). The minimum absolute atomic E-state index is 0.156. The fourth-order valence-corrected chi connectivity index (χ4v) is 4.39. The highest BCUT2D eigenvalue weighted by Gasteiger charge is 2.51. The van der Waals surface area contributed by atoms with Crippen LogP contribution in [0.1, 0.15) is 20.3 Å². The summed E-state index contributed by atoms with van der Waals surface area (Å²) in [5.74, 6) is 1.52. The number of anilines is 1. The van der Waals surface area contributed by atoms with E-state index in [1.54, 1.807) is 11.8 Å². The van der Waals surface area contributed by atoms with E-state index in [0.717, 1.165) is 22.3 Å². The average Bonchev–Trinajstić information content (AvgIpc) is 2.34. The second kappa shape index (κ2) is 5.37. The maximum atomic E-state index is 12.1. The maximum absolute atomic E-state index is 12.1. The van der Waals surface area contributed by atoms with Gasteiger partial charge in [-0.2, -0.15) is 11.8 Å². The molecule has 3 N–H and O–H groups in total. The minimum Gasteiger partial charge on any atom is -0.370 e. The van der Waals surface area contributed by atoms with Gasteiger partial charge >= 0.3 is 0 Å². The molecule has 1 unspecified atom stereocenters. The third kappa shape index (κ3) is 2.77. The first kappa shape index (κ1) is 14.7. The van der Waals surface area contributed by atoms with E-state index >= 15 is 0 Å². The van der Waals surface area contributed by atoms with E-state index in [2.05, 4.69) is 35.1 Å². The Bertz CT molecular complexity index is 475. The van der Waals surface area contributed by atoms with Gasteiger partial charge in [0.15, 0.2) is 0 Å². The Hall–Kier alpha value is -0.680. The molecule has 1 aromatic rings. The quantitative estimate of drug-likeness (QED) is 0.886. The molecule has 104 valence electrons. The predicted molar refractivity (Wildman–Crippen MR) is 85.4 cm³/mol. The van der Waals surface area contributed by atoms with E-state index in [9.17, 15) is 4.79 Å². The van der Waals surface area contributed by atoms with Crippen molar-refractivity contribution in [2.24, 2.45) is 11.1 Å². The standard InChI is InChI=1S/C14H19BrN2OS/c1-13(2)7-8-19-9-14(13,12(16)18)17-11-5-3-10(15)4-6-11/h3-6,17H,7-9H2,1-2H3,(H2,16,18). The van der Waals surface area contributed by atoms with E-state index in [4.69, 9.17) is 5.73 Å². The number of rotatable bonds is 3. The molecule has 1 aromatic carbocycles. The minimum atomic E-state index is -0.691. The first-order valence-corrected chi connectivity index (χ1v) is 8.24. The van der Waals surface area contributed by atoms with Crippen molar-refractivity contribution in [1.29, 1.82) is 0 Å². The van der Waals surface area contributed by atoms with Crippen molar-refractivity contribution in [3.63, 3.8) is 0 Å². The summed E-state index contributed by atoms with van der Waals surface area (Å²) in [6.45, 7) is 4.23. The second-order valence-electron chi connectivity index (χ2n) is 5.59. The molecule has 5 heteroatoms. The van der Waals surface area contributed by atoms with Crippen molar-refractivity contribution < 1.29 is 4.79 Å². The van der Waals surface area contributed by atoms with Crippen LogP contribution in [0, 0.1) is 5.41 Å².